The average Bonchev–Trinajstić information content (AvgIpc) is 3.00. The maximum Gasteiger partial charge on any atom is 0.190 e. The van der Waals surface area contributed by atoms with Gasteiger partial charge in [0.1, 0.15) is 5.75 Å². The third-order valence-electron chi connectivity index (χ3n) is 4.68. The zero-order valence-electron chi connectivity index (χ0n) is 13.9. The third-order valence-corrected chi connectivity index (χ3v) is 4.68. The van der Waals surface area contributed by atoms with Crippen molar-refractivity contribution in [1.29, 1.82) is 0 Å². The molecule has 23 heavy (non-hydrogen) atoms. The Morgan fingerprint density at radius 2 is 1.83 bits per heavy atom. The van der Waals surface area contributed by atoms with Crippen LogP contribution in [0.15, 0.2) is 53.6 Å². The molecule has 0 spiro atoms. The van der Waals surface area contributed by atoms with E-state index in [4.69, 9.17) is 9.84 Å². The summed E-state index contributed by atoms with van der Waals surface area (Å²) >= 11 is 0. The summed E-state index contributed by atoms with van der Waals surface area (Å²) in [7, 11) is 0. The molecule has 0 saturated heterocycles. The number of fused-ring (bicyclic) bond motifs is 3. The van der Waals surface area contributed by atoms with Gasteiger partial charge < -0.3 is 4.74 Å². The first-order valence-corrected chi connectivity index (χ1v) is 8.32. The first-order valence-electron chi connectivity index (χ1n) is 8.32. The topological polar surface area (TPSA) is 24.8 Å². The van der Waals surface area contributed by atoms with Crippen LogP contribution in [-0.4, -0.2) is 16.9 Å². The molecule has 0 fully saturated rings. The number of para-hydroxylation sites is 1. The van der Waals surface area contributed by atoms with Crippen LogP contribution in [0, 0.1) is 12.8 Å². The molecular formula is C20H22N2O. The molecule has 2 aromatic carbocycles. The van der Waals surface area contributed by atoms with Gasteiger partial charge in [0.25, 0.3) is 0 Å². The fourth-order valence-corrected chi connectivity index (χ4v) is 3.42. The van der Waals surface area contributed by atoms with Crippen LogP contribution in [0.4, 0.5) is 0 Å². The molecule has 118 valence electrons. The van der Waals surface area contributed by atoms with Crippen molar-refractivity contribution in [3.05, 3.63) is 65.2 Å². The molecule has 3 heteroatoms. The Morgan fingerprint density at radius 3 is 2.57 bits per heavy atom. The summed E-state index contributed by atoms with van der Waals surface area (Å²) in [5.74, 6) is 1.39. The summed E-state index contributed by atoms with van der Waals surface area (Å²) in [6.07, 6.45) is 0.935. The molecular weight excluding hydrogens is 284 g/mol. The van der Waals surface area contributed by atoms with Gasteiger partial charge in [0.05, 0.1) is 11.8 Å². The number of nitrogens with zero attached hydrogens (tertiary/aromatic N) is 2. The molecule has 2 aliphatic heterocycles. The van der Waals surface area contributed by atoms with Gasteiger partial charge in [-0.15, -0.1) is 0 Å². The molecule has 2 aromatic rings. The van der Waals surface area contributed by atoms with Crippen molar-refractivity contribution in [2.24, 2.45) is 11.0 Å². The first kappa shape index (κ1) is 14.3. The second-order valence-electron chi connectivity index (χ2n) is 6.80. The van der Waals surface area contributed by atoms with Crippen LogP contribution in [0.25, 0.3) is 0 Å². The van der Waals surface area contributed by atoms with Crippen LogP contribution in [-0.2, 0) is 0 Å². The predicted octanol–water partition coefficient (Wildman–Crippen LogP) is 4.52. The molecule has 0 aromatic heterocycles. The molecule has 0 unspecified atom stereocenters. The van der Waals surface area contributed by atoms with E-state index in [1.807, 2.05) is 6.07 Å². The predicted molar refractivity (Wildman–Crippen MR) is 92.6 cm³/mol. The van der Waals surface area contributed by atoms with E-state index in [0.29, 0.717) is 5.92 Å². The monoisotopic (exact) mass is 306 g/mol. The molecule has 0 amide bonds. The van der Waals surface area contributed by atoms with Gasteiger partial charge in [-0.1, -0.05) is 61.9 Å². The summed E-state index contributed by atoms with van der Waals surface area (Å²) in [4.78, 5) is 0. The summed E-state index contributed by atoms with van der Waals surface area (Å²) in [6, 6.07) is 17.3. The largest absolute Gasteiger partial charge is 0.468 e. The molecule has 4 rings (SSSR count). The number of hydrazone groups is 1. The summed E-state index contributed by atoms with van der Waals surface area (Å²) in [6.45, 7) is 6.49. The highest BCUT2D eigenvalue weighted by atomic mass is 16.5. The minimum atomic E-state index is -0.00199. The van der Waals surface area contributed by atoms with E-state index in [0.717, 1.165) is 17.9 Å². The van der Waals surface area contributed by atoms with Gasteiger partial charge in [0.15, 0.2) is 6.23 Å². The number of ether oxygens (including phenoxy) is 1. The lowest BCUT2D eigenvalue weighted by molar-refractivity contribution is -0.0461. The number of aryl methyl sites for hydroxylation is 1. The molecule has 0 bridgehead atoms. The van der Waals surface area contributed by atoms with E-state index < -0.39 is 0 Å². The van der Waals surface area contributed by atoms with E-state index in [2.05, 4.69) is 68.2 Å². The molecule has 3 nitrogen and oxygen atoms in total. The fraction of sp³-hybridized carbons (Fsp3) is 0.350. The highest BCUT2D eigenvalue weighted by molar-refractivity contribution is 6.02. The molecule has 0 saturated carbocycles. The minimum Gasteiger partial charge on any atom is -0.468 e. The first-order chi connectivity index (χ1) is 11.1. The van der Waals surface area contributed by atoms with Crippen LogP contribution in [0.5, 0.6) is 5.75 Å². The van der Waals surface area contributed by atoms with Crippen molar-refractivity contribution in [3.63, 3.8) is 0 Å². The quantitative estimate of drug-likeness (QED) is 0.815. The molecule has 2 heterocycles. The number of hydrogen-bond donors (Lipinski definition) is 0. The molecule has 2 aliphatic rings. The van der Waals surface area contributed by atoms with Crippen molar-refractivity contribution >= 4 is 5.71 Å². The van der Waals surface area contributed by atoms with Crippen LogP contribution in [0.3, 0.4) is 0 Å². The number of hydrogen-bond acceptors (Lipinski definition) is 3. The number of rotatable bonds is 2. The van der Waals surface area contributed by atoms with Gasteiger partial charge in [-0.25, -0.2) is 5.01 Å². The molecule has 0 radical (unpaired) electrons. The SMILES string of the molecule is Cc1ccc(C2=NN3[C@@H](C(C)C)Oc4ccccc4[C@@H]3C2)cc1. The van der Waals surface area contributed by atoms with Crippen molar-refractivity contribution in [1.82, 2.24) is 5.01 Å². The summed E-state index contributed by atoms with van der Waals surface area (Å²) in [5.41, 5.74) is 4.89. The fourth-order valence-electron chi connectivity index (χ4n) is 3.42. The Labute approximate surface area is 137 Å². The smallest absolute Gasteiger partial charge is 0.190 e. The van der Waals surface area contributed by atoms with Gasteiger partial charge in [0.2, 0.25) is 0 Å². The highest BCUT2D eigenvalue weighted by Gasteiger charge is 2.41. The van der Waals surface area contributed by atoms with Gasteiger partial charge in [-0.2, -0.15) is 5.10 Å². The Hall–Kier alpha value is -2.29. The average molecular weight is 306 g/mol. The van der Waals surface area contributed by atoms with Crippen LogP contribution >= 0.6 is 0 Å². The Kier molecular flexibility index (Phi) is 3.37. The zero-order valence-corrected chi connectivity index (χ0v) is 13.9. The Morgan fingerprint density at radius 1 is 1.09 bits per heavy atom. The molecule has 0 N–H and O–H groups in total. The summed E-state index contributed by atoms with van der Waals surface area (Å²) in [5, 5.41) is 7.11. The highest BCUT2D eigenvalue weighted by Crippen LogP contribution is 2.44. The van der Waals surface area contributed by atoms with Crippen molar-refractivity contribution in [3.8, 4) is 5.75 Å². The van der Waals surface area contributed by atoms with Gasteiger partial charge in [0, 0.05) is 17.9 Å². The second-order valence-corrected chi connectivity index (χ2v) is 6.80. The zero-order chi connectivity index (χ0) is 16.0. The van der Waals surface area contributed by atoms with Gasteiger partial charge >= 0.3 is 0 Å². The maximum atomic E-state index is 6.23. The normalized spacial score (nSPS) is 22.4. The van der Waals surface area contributed by atoms with Crippen LogP contribution < -0.4 is 4.74 Å². The molecule has 2 atom stereocenters. The number of benzene rings is 2. The molecule has 0 aliphatic carbocycles. The maximum absolute atomic E-state index is 6.23. The lowest BCUT2D eigenvalue weighted by Gasteiger charge is -2.39. The van der Waals surface area contributed by atoms with E-state index in [-0.39, 0.29) is 12.3 Å². The van der Waals surface area contributed by atoms with Crippen molar-refractivity contribution < 1.29 is 4.74 Å². The van der Waals surface area contributed by atoms with E-state index in [1.165, 1.54) is 16.7 Å². The standard InChI is InChI=1S/C20H22N2O/c1-13(2)20-22-18(16-6-4-5-7-19(16)23-20)12-17(21-22)15-10-8-14(3)9-11-15/h4-11,13,18,20H,12H2,1-3H3/t18-,20+/m0/s1. The van der Waals surface area contributed by atoms with E-state index in [1.54, 1.807) is 0 Å². The Balaban J connectivity index is 1.74. The van der Waals surface area contributed by atoms with Gasteiger partial charge in [-0.3, -0.25) is 0 Å². The van der Waals surface area contributed by atoms with Crippen molar-refractivity contribution in [2.45, 2.75) is 39.5 Å². The van der Waals surface area contributed by atoms with Crippen LogP contribution in [0.2, 0.25) is 0 Å². The Bertz CT molecular complexity index is 748. The third kappa shape index (κ3) is 2.40. The van der Waals surface area contributed by atoms with Crippen LogP contribution in [0.1, 0.15) is 43.0 Å². The lowest BCUT2D eigenvalue weighted by Crippen LogP contribution is -2.43. The van der Waals surface area contributed by atoms with E-state index in [9.17, 15) is 0 Å². The summed E-state index contributed by atoms with van der Waals surface area (Å²) < 4.78 is 6.23. The second kappa shape index (κ2) is 5.41. The lowest BCUT2D eigenvalue weighted by atomic mass is 9.95. The van der Waals surface area contributed by atoms with Crippen molar-refractivity contribution in [2.75, 3.05) is 0 Å². The minimum absolute atomic E-state index is 0.00199. The van der Waals surface area contributed by atoms with Gasteiger partial charge in [-0.05, 0) is 18.6 Å². The van der Waals surface area contributed by atoms with E-state index >= 15 is 0 Å².